The van der Waals surface area contributed by atoms with Crippen LogP contribution in [0.1, 0.15) is 37.2 Å². The third-order valence-corrected chi connectivity index (χ3v) is 3.23. The smallest absolute Gasteiger partial charge is 0.150 e. The summed E-state index contributed by atoms with van der Waals surface area (Å²) in [7, 11) is 0. The van der Waals surface area contributed by atoms with Gasteiger partial charge < -0.3 is 0 Å². The molecule has 0 spiro atoms. The Kier molecular flexibility index (Phi) is 3.90. The topological polar surface area (TPSA) is 34.1 Å². The number of hydrogen-bond donors (Lipinski definition) is 0. The van der Waals surface area contributed by atoms with Gasteiger partial charge >= 0.3 is 0 Å². The van der Waals surface area contributed by atoms with Gasteiger partial charge in [0.1, 0.15) is 12.6 Å². The molecule has 0 aliphatic rings. The summed E-state index contributed by atoms with van der Waals surface area (Å²) in [5.41, 5.74) is 3.08. The molecule has 0 N–H and O–H groups in total. The number of halogens is 1. The average molecular weight is 259 g/mol. The number of hydrogen-bond acceptors (Lipinski definition) is 2. The maximum absolute atomic E-state index is 10.6. The van der Waals surface area contributed by atoms with E-state index in [1.165, 1.54) is 0 Å². The number of carbonyl (C=O) groups excluding carboxylic acids is 2. The summed E-state index contributed by atoms with van der Waals surface area (Å²) in [5.74, 6) is 0. The normalized spacial score (nSPS) is 10.3. The van der Waals surface area contributed by atoms with E-state index in [0.29, 0.717) is 11.1 Å². The van der Waals surface area contributed by atoms with Gasteiger partial charge in [-0.25, -0.2) is 0 Å². The fourth-order valence-corrected chi connectivity index (χ4v) is 1.97. The van der Waals surface area contributed by atoms with Gasteiger partial charge in [0.25, 0.3) is 0 Å². The predicted molar refractivity (Wildman–Crippen MR) is 71.4 cm³/mol. The maximum Gasteiger partial charge on any atom is 0.150 e. The molecular weight excluding hydrogens is 248 g/mol. The van der Waals surface area contributed by atoms with Gasteiger partial charge in [-0.1, -0.05) is 48.5 Å². The number of alkyl halides is 1. The lowest BCUT2D eigenvalue weighted by Gasteiger charge is -2.10. The van der Waals surface area contributed by atoms with Crippen molar-refractivity contribution in [2.45, 2.75) is 5.38 Å². The van der Waals surface area contributed by atoms with E-state index in [1.54, 1.807) is 24.3 Å². The fourth-order valence-electron chi connectivity index (χ4n) is 1.68. The minimum absolute atomic E-state index is 0.286. The molecule has 0 aromatic heterocycles. The van der Waals surface area contributed by atoms with Crippen molar-refractivity contribution in [2.75, 3.05) is 0 Å². The molecule has 0 saturated heterocycles. The van der Waals surface area contributed by atoms with Gasteiger partial charge in [0.05, 0.1) is 5.38 Å². The second kappa shape index (κ2) is 5.61. The Morgan fingerprint density at radius 3 is 1.33 bits per heavy atom. The summed E-state index contributed by atoms with van der Waals surface area (Å²) in [4.78, 5) is 21.1. The number of rotatable bonds is 4. The molecular formula is C15H11ClO2. The van der Waals surface area contributed by atoms with Gasteiger partial charge in [0.15, 0.2) is 0 Å². The molecule has 2 aromatic carbocycles. The van der Waals surface area contributed by atoms with Gasteiger partial charge in [-0.2, -0.15) is 0 Å². The van der Waals surface area contributed by atoms with E-state index in [0.717, 1.165) is 23.7 Å². The minimum atomic E-state index is -0.286. The number of aldehydes is 2. The minimum Gasteiger partial charge on any atom is -0.298 e. The number of benzene rings is 2. The lowest BCUT2D eigenvalue weighted by atomic mass is 10.0. The van der Waals surface area contributed by atoms with Crippen LogP contribution in [0.2, 0.25) is 0 Å². The van der Waals surface area contributed by atoms with Gasteiger partial charge in [0.2, 0.25) is 0 Å². The molecule has 90 valence electrons. The Morgan fingerprint density at radius 2 is 1.06 bits per heavy atom. The Hall–Kier alpha value is -1.93. The van der Waals surface area contributed by atoms with Crippen LogP contribution in [0, 0.1) is 0 Å². The van der Waals surface area contributed by atoms with Crippen LogP contribution in [-0.2, 0) is 0 Å². The van der Waals surface area contributed by atoms with Crippen molar-refractivity contribution in [1.82, 2.24) is 0 Å². The first-order chi connectivity index (χ1) is 8.74. The van der Waals surface area contributed by atoms with E-state index in [1.807, 2.05) is 24.3 Å². The van der Waals surface area contributed by atoms with Crippen LogP contribution >= 0.6 is 11.6 Å². The van der Waals surface area contributed by atoms with E-state index >= 15 is 0 Å². The molecule has 0 unspecified atom stereocenters. The van der Waals surface area contributed by atoms with Crippen molar-refractivity contribution in [3.63, 3.8) is 0 Å². The summed E-state index contributed by atoms with van der Waals surface area (Å²) in [6, 6.07) is 14.2. The van der Waals surface area contributed by atoms with Crippen molar-refractivity contribution in [3.8, 4) is 0 Å². The van der Waals surface area contributed by atoms with Crippen molar-refractivity contribution in [2.24, 2.45) is 0 Å². The zero-order chi connectivity index (χ0) is 13.0. The summed E-state index contributed by atoms with van der Waals surface area (Å²) < 4.78 is 0. The first-order valence-electron chi connectivity index (χ1n) is 5.49. The highest BCUT2D eigenvalue weighted by Gasteiger charge is 2.10. The van der Waals surface area contributed by atoms with Crippen molar-refractivity contribution in [3.05, 3.63) is 70.8 Å². The highest BCUT2D eigenvalue weighted by molar-refractivity contribution is 6.22. The largest absolute Gasteiger partial charge is 0.298 e. The number of carbonyl (C=O) groups is 2. The van der Waals surface area contributed by atoms with Crippen LogP contribution in [-0.4, -0.2) is 12.6 Å². The SMILES string of the molecule is O=Cc1ccc(C(Cl)c2ccc(C=O)cc2)cc1. The molecule has 3 heteroatoms. The van der Waals surface area contributed by atoms with E-state index in [9.17, 15) is 9.59 Å². The van der Waals surface area contributed by atoms with Crippen molar-refractivity contribution in [1.29, 1.82) is 0 Å². The molecule has 2 aromatic rings. The Morgan fingerprint density at radius 1 is 0.722 bits per heavy atom. The lowest BCUT2D eigenvalue weighted by molar-refractivity contribution is 0.111. The highest BCUT2D eigenvalue weighted by atomic mass is 35.5. The Balaban J connectivity index is 2.25. The second-order valence-corrected chi connectivity index (χ2v) is 4.37. The quantitative estimate of drug-likeness (QED) is 0.620. The van der Waals surface area contributed by atoms with Crippen LogP contribution in [0.5, 0.6) is 0 Å². The molecule has 0 fully saturated rings. The van der Waals surface area contributed by atoms with Crippen molar-refractivity contribution >= 4 is 24.2 Å². The predicted octanol–water partition coefficient (Wildman–Crippen LogP) is 3.64. The molecule has 18 heavy (non-hydrogen) atoms. The van der Waals surface area contributed by atoms with Crippen LogP contribution in [0.15, 0.2) is 48.5 Å². The van der Waals surface area contributed by atoms with Crippen LogP contribution in [0.25, 0.3) is 0 Å². The summed E-state index contributed by atoms with van der Waals surface area (Å²) in [6.07, 6.45) is 1.60. The zero-order valence-electron chi connectivity index (χ0n) is 9.55. The molecule has 0 bridgehead atoms. The molecule has 0 aliphatic heterocycles. The van der Waals surface area contributed by atoms with Gasteiger partial charge in [-0.05, 0) is 11.1 Å². The van der Waals surface area contributed by atoms with E-state index < -0.39 is 0 Å². The Bertz CT molecular complexity index is 492. The molecule has 0 atom stereocenters. The van der Waals surface area contributed by atoms with Crippen LogP contribution in [0.3, 0.4) is 0 Å². The van der Waals surface area contributed by atoms with E-state index in [2.05, 4.69) is 0 Å². The lowest BCUT2D eigenvalue weighted by Crippen LogP contribution is -1.94. The molecule has 0 aliphatic carbocycles. The molecule has 2 nitrogen and oxygen atoms in total. The molecule has 0 radical (unpaired) electrons. The van der Waals surface area contributed by atoms with Gasteiger partial charge in [-0.15, -0.1) is 11.6 Å². The van der Waals surface area contributed by atoms with Gasteiger partial charge in [-0.3, -0.25) is 9.59 Å². The molecule has 2 rings (SSSR count). The van der Waals surface area contributed by atoms with Gasteiger partial charge in [0, 0.05) is 11.1 Å². The average Bonchev–Trinajstić information content (AvgIpc) is 2.47. The molecule has 0 saturated carbocycles. The Labute approximate surface area is 110 Å². The van der Waals surface area contributed by atoms with Crippen LogP contribution < -0.4 is 0 Å². The van der Waals surface area contributed by atoms with Crippen LogP contribution in [0.4, 0.5) is 0 Å². The third kappa shape index (κ3) is 2.66. The first kappa shape index (κ1) is 12.5. The summed E-state index contributed by atoms with van der Waals surface area (Å²) in [6.45, 7) is 0. The fraction of sp³-hybridized carbons (Fsp3) is 0.0667. The first-order valence-corrected chi connectivity index (χ1v) is 5.92. The standard InChI is InChI=1S/C15H11ClO2/c16-15(13-5-1-11(9-17)2-6-13)14-7-3-12(10-18)4-8-14/h1-10,15H. The summed E-state index contributed by atoms with van der Waals surface area (Å²) in [5, 5.41) is -0.286. The second-order valence-electron chi connectivity index (χ2n) is 3.93. The molecule has 0 heterocycles. The van der Waals surface area contributed by atoms with Crippen molar-refractivity contribution < 1.29 is 9.59 Å². The van der Waals surface area contributed by atoms with E-state index in [4.69, 9.17) is 11.6 Å². The maximum atomic E-state index is 10.6. The van der Waals surface area contributed by atoms with E-state index in [-0.39, 0.29) is 5.38 Å². The zero-order valence-corrected chi connectivity index (χ0v) is 10.3. The summed E-state index contributed by atoms with van der Waals surface area (Å²) >= 11 is 6.35. The third-order valence-electron chi connectivity index (χ3n) is 2.73. The monoisotopic (exact) mass is 258 g/mol. The molecule has 0 amide bonds. The highest BCUT2D eigenvalue weighted by Crippen LogP contribution is 2.28.